The maximum Gasteiger partial charge on any atom is 0.264 e. The Morgan fingerprint density at radius 1 is 1.00 bits per heavy atom. The molecule has 0 spiro atoms. The molecule has 0 aliphatic carbocycles. The fourth-order valence-electron chi connectivity index (χ4n) is 4.29. The number of aryl methyl sites for hydroxylation is 3. The number of hydrogen-bond acceptors (Lipinski definition) is 3. The van der Waals surface area contributed by atoms with Crippen LogP contribution in [0.5, 0.6) is 0 Å². The second kappa shape index (κ2) is 8.12. The predicted molar refractivity (Wildman–Crippen MR) is 122 cm³/mol. The van der Waals surface area contributed by atoms with Crippen molar-refractivity contribution in [1.82, 2.24) is 0 Å². The minimum absolute atomic E-state index is 0.248. The fraction of sp³-hybridized carbons (Fsp3) is 0.259. The topological polar surface area (TPSA) is 57.6 Å². The number of Topliss-reactive ketones (excluding diaryl/α,β-unsaturated/α-hetero) is 1. The number of carbonyl (C=O) groups is 2. The Balaban J connectivity index is 1.66. The molecule has 0 saturated heterocycles. The van der Waals surface area contributed by atoms with Crippen molar-refractivity contribution >= 4 is 17.4 Å². The minimum Gasteiger partial charge on any atom is -0.375 e. The third kappa shape index (κ3) is 3.79. The van der Waals surface area contributed by atoms with Crippen LogP contribution in [0.3, 0.4) is 0 Å². The zero-order chi connectivity index (χ0) is 22.2. The Morgan fingerprint density at radius 2 is 1.71 bits per heavy atom. The van der Waals surface area contributed by atoms with Crippen LogP contribution in [0.1, 0.15) is 51.5 Å². The molecule has 0 saturated carbocycles. The van der Waals surface area contributed by atoms with Crippen LogP contribution in [-0.2, 0) is 23.4 Å². The molecule has 3 aromatic rings. The molecule has 0 bridgehead atoms. The van der Waals surface area contributed by atoms with Gasteiger partial charge in [-0.2, -0.15) is 0 Å². The second-order valence-corrected chi connectivity index (χ2v) is 8.35. The molecule has 1 atom stereocenters. The number of benzene rings is 3. The van der Waals surface area contributed by atoms with E-state index >= 15 is 0 Å². The molecule has 0 fully saturated rings. The van der Waals surface area contributed by atoms with Gasteiger partial charge in [0.2, 0.25) is 0 Å². The first kappa shape index (κ1) is 21.0. The van der Waals surface area contributed by atoms with E-state index in [1.807, 2.05) is 50.2 Å². The number of rotatable bonds is 6. The molecule has 0 radical (unpaired) electrons. The number of para-hydroxylation sites is 1. The first-order chi connectivity index (χ1) is 14.8. The molecule has 1 aliphatic rings. The molecule has 1 amide bonds. The maximum atomic E-state index is 13.5. The van der Waals surface area contributed by atoms with Gasteiger partial charge in [-0.15, -0.1) is 0 Å². The van der Waals surface area contributed by atoms with Gasteiger partial charge < -0.3 is 10.0 Å². The van der Waals surface area contributed by atoms with E-state index in [1.165, 1.54) is 0 Å². The number of nitrogens with zero attached hydrogens (tertiary/aromatic N) is 1. The first-order valence-corrected chi connectivity index (χ1v) is 10.7. The van der Waals surface area contributed by atoms with Crippen molar-refractivity contribution in [3.8, 4) is 0 Å². The lowest BCUT2D eigenvalue weighted by Crippen LogP contribution is -2.41. The molecule has 0 aromatic heterocycles. The lowest BCUT2D eigenvalue weighted by molar-refractivity contribution is -0.136. The molecule has 1 N–H and O–H groups in total. The highest BCUT2D eigenvalue weighted by Crippen LogP contribution is 2.43. The van der Waals surface area contributed by atoms with Crippen LogP contribution < -0.4 is 4.90 Å². The average molecular weight is 414 g/mol. The summed E-state index contributed by atoms with van der Waals surface area (Å²) in [6.45, 7) is 6.46. The van der Waals surface area contributed by atoms with E-state index in [9.17, 15) is 14.7 Å². The van der Waals surface area contributed by atoms with E-state index in [2.05, 4.69) is 13.0 Å². The summed E-state index contributed by atoms with van der Waals surface area (Å²) < 4.78 is 0. The Labute approximate surface area is 183 Å². The van der Waals surface area contributed by atoms with E-state index in [1.54, 1.807) is 29.2 Å². The number of anilines is 1. The first-order valence-electron chi connectivity index (χ1n) is 10.7. The van der Waals surface area contributed by atoms with Crippen molar-refractivity contribution in [3.63, 3.8) is 0 Å². The number of carbonyl (C=O) groups excluding carboxylic acids is 2. The molecule has 1 aliphatic heterocycles. The fourth-order valence-corrected chi connectivity index (χ4v) is 4.29. The van der Waals surface area contributed by atoms with Gasteiger partial charge in [0.25, 0.3) is 5.91 Å². The monoisotopic (exact) mass is 413 g/mol. The van der Waals surface area contributed by atoms with E-state index in [0.29, 0.717) is 23.4 Å². The largest absolute Gasteiger partial charge is 0.375 e. The number of aliphatic hydroxyl groups is 1. The predicted octanol–water partition coefficient (Wildman–Crippen LogP) is 4.87. The number of ketones is 1. The van der Waals surface area contributed by atoms with Crippen molar-refractivity contribution in [3.05, 3.63) is 100 Å². The van der Waals surface area contributed by atoms with Gasteiger partial charge in [0.05, 0.1) is 18.7 Å². The van der Waals surface area contributed by atoms with Crippen LogP contribution in [0.25, 0.3) is 0 Å². The highest BCUT2D eigenvalue weighted by atomic mass is 16.3. The van der Waals surface area contributed by atoms with Crippen molar-refractivity contribution in [2.45, 2.75) is 45.8 Å². The Bertz CT molecular complexity index is 1150. The molecule has 0 unspecified atom stereocenters. The Kier molecular flexibility index (Phi) is 5.50. The molecular formula is C27H27NO3. The third-order valence-corrected chi connectivity index (χ3v) is 6.17. The summed E-state index contributed by atoms with van der Waals surface area (Å²) in [6, 6.07) is 20.7. The summed E-state index contributed by atoms with van der Waals surface area (Å²) >= 11 is 0. The Morgan fingerprint density at radius 3 is 2.39 bits per heavy atom. The van der Waals surface area contributed by atoms with Gasteiger partial charge in [0.15, 0.2) is 11.4 Å². The minimum atomic E-state index is -1.87. The smallest absolute Gasteiger partial charge is 0.264 e. The zero-order valence-corrected chi connectivity index (χ0v) is 18.2. The van der Waals surface area contributed by atoms with Gasteiger partial charge in [-0.05, 0) is 43.0 Å². The van der Waals surface area contributed by atoms with E-state index in [-0.39, 0.29) is 12.2 Å². The van der Waals surface area contributed by atoms with Crippen LogP contribution in [0.4, 0.5) is 5.69 Å². The number of fused-ring (bicyclic) bond motifs is 1. The average Bonchev–Trinajstić information content (AvgIpc) is 2.97. The van der Waals surface area contributed by atoms with Crippen molar-refractivity contribution in [2.24, 2.45) is 0 Å². The molecule has 3 aromatic carbocycles. The van der Waals surface area contributed by atoms with Crippen molar-refractivity contribution < 1.29 is 14.7 Å². The quantitative estimate of drug-likeness (QED) is 0.587. The van der Waals surface area contributed by atoms with Gasteiger partial charge in [0.1, 0.15) is 0 Å². The number of amides is 1. The van der Waals surface area contributed by atoms with Crippen LogP contribution in [0.2, 0.25) is 0 Å². The summed E-state index contributed by atoms with van der Waals surface area (Å²) in [5.41, 5.74) is 4.18. The highest BCUT2D eigenvalue weighted by molar-refractivity contribution is 6.10. The lowest BCUT2D eigenvalue weighted by Gasteiger charge is -2.23. The van der Waals surface area contributed by atoms with E-state index in [0.717, 1.165) is 28.7 Å². The van der Waals surface area contributed by atoms with E-state index < -0.39 is 11.5 Å². The van der Waals surface area contributed by atoms with Gasteiger partial charge in [-0.3, -0.25) is 9.59 Å². The third-order valence-electron chi connectivity index (χ3n) is 6.17. The molecule has 4 nitrogen and oxygen atoms in total. The van der Waals surface area contributed by atoms with Gasteiger partial charge >= 0.3 is 0 Å². The van der Waals surface area contributed by atoms with Crippen LogP contribution in [0, 0.1) is 13.8 Å². The maximum absolute atomic E-state index is 13.5. The molecule has 4 heteroatoms. The van der Waals surface area contributed by atoms with Crippen LogP contribution >= 0.6 is 0 Å². The lowest BCUT2D eigenvalue weighted by atomic mass is 9.88. The van der Waals surface area contributed by atoms with Crippen LogP contribution in [-0.4, -0.2) is 16.8 Å². The molecule has 4 rings (SSSR count). The second-order valence-electron chi connectivity index (χ2n) is 8.35. The molecule has 31 heavy (non-hydrogen) atoms. The normalized spacial score (nSPS) is 17.7. The van der Waals surface area contributed by atoms with Gasteiger partial charge in [0, 0.05) is 11.1 Å². The summed E-state index contributed by atoms with van der Waals surface area (Å²) in [6.07, 6.45) is 0.607. The van der Waals surface area contributed by atoms with E-state index in [4.69, 9.17) is 0 Å². The number of hydrogen-bond donors (Lipinski definition) is 1. The summed E-state index contributed by atoms with van der Waals surface area (Å²) in [5, 5.41) is 11.5. The van der Waals surface area contributed by atoms with Crippen molar-refractivity contribution in [2.75, 3.05) is 4.90 Å². The molecule has 1 heterocycles. The standard InChI is InChI=1S/C27H27NO3/c1-4-20-10-13-21(14-11-20)25(29)16-27(31)23-7-5-6-8-24(23)28(26(27)30)17-22-12-9-18(2)15-19(22)3/h5-15,31H,4,16-17H2,1-3H3/t27-/m0/s1. The summed E-state index contributed by atoms with van der Waals surface area (Å²) in [4.78, 5) is 28.0. The van der Waals surface area contributed by atoms with Gasteiger partial charge in [-0.25, -0.2) is 0 Å². The Hall–Kier alpha value is -3.24. The molecule has 158 valence electrons. The SMILES string of the molecule is CCc1ccc(C(=O)C[C@@]2(O)C(=O)N(Cc3ccc(C)cc3C)c3ccccc32)cc1. The highest BCUT2D eigenvalue weighted by Gasteiger charge is 2.50. The summed E-state index contributed by atoms with van der Waals surface area (Å²) in [7, 11) is 0. The molecular weight excluding hydrogens is 386 g/mol. The van der Waals surface area contributed by atoms with Crippen LogP contribution in [0.15, 0.2) is 66.7 Å². The summed E-state index contributed by atoms with van der Waals surface area (Å²) in [5.74, 6) is -0.700. The zero-order valence-electron chi connectivity index (χ0n) is 18.2. The van der Waals surface area contributed by atoms with Crippen molar-refractivity contribution in [1.29, 1.82) is 0 Å². The van der Waals surface area contributed by atoms with Gasteiger partial charge in [-0.1, -0.05) is 73.2 Å².